The summed E-state index contributed by atoms with van der Waals surface area (Å²) in [5.74, 6) is 0.354. The number of nitrogens with zero attached hydrogens (tertiary/aromatic N) is 1. The quantitative estimate of drug-likeness (QED) is 0.507. The van der Waals surface area contributed by atoms with Crippen LogP contribution in [-0.2, 0) is 4.74 Å². The van der Waals surface area contributed by atoms with Crippen LogP contribution in [0.5, 0.6) is 5.75 Å². The summed E-state index contributed by atoms with van der Waals surface area (Å²) in [6.45, 7) is 4.91. The number of nitrogens with one attached hydrogen (secondary N) is 1. The molecule has 0 unspecified atom stereocenters. The molecule has 1 aromatic carbocycles. The Kier molecular flexibility index (Phi) is 4.94. The van der Waals surface area contributed by atoms with Crippen molar-refractivity contribution >= 4 is 44.3 Å². The van der Waals surface area contributed by atoms with Crippen LogP contribution in [0.4, 0.5) is 11.0 Å². The van der Waals surface area contributed by atoms with Crippen molar-refractivity contribution in [1.82, 2.24) is 4.98 Å². The van der Waals surface area contributed by atoms with Crippen molar-refractivity contribution < 1.29 is 23.5 Å². The minimum Gasteiger partial charge on any atom is -0.497 e. The van der Waals surface area contributed by atoms with Crippen molar-refractivity contribution in [3.05, 3.63) is 35.1 Å². The normalized spacial score (nSPS) is 10.8. The number of aryl methyl sites for hydroxylation is 1. The number of rotatable bonds is 6. The number of carbonyl (C=O) groups excluding carboxylic acids is 2. The monoisotopic (exact) mass is 374 g/mol. The summed E-state index contributed by atoms with van der Waals surface area (Å²) in [4.78, 5) is 28.8. The van der Waals surface area contributed by atoms with Crippen molar-refractivity contribution in [2.24, 2.45) is 0 Å². The Hall–Kier alpha value is -2.87. The fourth-order valence-corrected chi connectivity index (χ4v) is 3.53. The number of esters is 1. The molecule has 0 aliphatic heterocycles. The second-order valence-electron chi connectivity index (χ2n) is 5.49. The van der Waals surface area contributed by atoms with E-state index in [4.69, 9.17) is 13.9 Å². The molecule has 2 heterocycles. The molecule has 136 valence electrons. The van der Waals surface area contributed by atoms with Crippen LogP contribution in [0.1, 0.15) is 40.3 Å². The van der Waals surface area contributed by atoms with Gasteiger partial charge in [0, 0.05) is 0 Å². The fraction of sp³-hybridized carbons (Fsp3) is 0.278. The lowest BCUT2D eigenvalue weighted by molar-refractivity contribution is 0.0524. The van der Waals surface area contributed by atoms with Gasteiger partial charge in [-0.1, -0.05) is 11.3 Å². The van der Waals surface area contributed by atoms with Gasteiger partial charge in [-0.05, 0) is 39.0 Å². The van der Waals surface area contributed by atoms with Gasteiger partial charge in [-0.3, -0.25) is 4.79 Å². The Bertz CT molecular complexity index is 989. The average molecular weight is 374 g/mol. The Morgan fingerprint density at radius 2 is 2.08 bits per heavy atom. The van der Waals surface area contributed by atoms with Crippen LogP contribution in [-0.4, -0.2) is 30.5 Å². The van der Waals surface area contributed by atoms with E-state index < -0.39 is 5.97 Å². The number of ether oxygens (including phenoxy) is 2. The Labute approximate surface area is 153 Å². The molecule has 1 N–H and O–H groups in total. The third kappa shape index (κ3) is 3.28. The Morgan fingerprint density at radius 3 is 2.73 bits per heavy atom. The van der Waals surface area contributed by atoms with Crippen molar-refractivity contribution in [1.29, 1.82) is 0 Å². The smallest absolute Gasteiger partial charge is 0.344 e. The molecule has 0 radical (unpaired) electrons. The topological polar surface area (TPSA) is 90.7 Å². The number of Topliss-reactive ketones (excluding diaryl/α,β-unsaturated/α-hetero) is 1. The fourth-order valence-electron chi connectivity index (χ4n) is 2.64. The van der Waals surface area contributed by atoms with E-state index in [0.717, 1.165) is 16.0 Å². The number of hydrogen-bond donors (Lipinski definition) is 1. The highest BCUT2D eigenvalue weighted by atomic mass is 32.1. The average Bonchev–Trinajstić information content (AvgIpc) is 3.14. The molecule has 0 amide bonds. The highest BCUT2D eigenvalue weighted by Gasteiger charge is 2.28. The van der Waals surface area contributed by atoms with Gasteiger partial charge in [-0.25, -0.2) is 9.78 Å². The highest BCUT2D eigenvalue weighted by Crippen LogP contribution is 2.35. The lowest BCUT2D eigenvalue weighted by Gasteiger charge is -2.04. The summed E-state index contributed by atoms with van der Waals surface area (Å²) in [7, 11) is 1.60. The number of aromatic nitrogens is 1. The predicted molar refractivity (Wildman–Crippen MR) is 98.9 cm³/mol. The number of thiazole rings is 1. The SMILES string of the molecule is CCOC(=O)c1c(Nc2nc3ccc(OC)cc3s2)oc(C)c1C(C)=O. The van der Waals surface area contributed by atoms with Crippen molar-refractivity contribution in [3.8, 4) is 5.75 Å². The number of ketones is 1. The van der Waals surface area contributed by atoms with E-state index in [9.17, 15) is 9.59 Å². The summed E-state index contributed by atoms with van der Waals surface area (Å²) in [6.07, 6.45) is 0. The van der Waals surface area contributed by atoms with Gasteiger partial charge in [-0.2, -0.15) is 0 Å². The minimum atomic E-state index is -0.611. The zero-order valence-electron chi connectivity index (χ0n) is 14.8. The van der Waals surface area contributed by atoms with Crippen LogP contribution >= 0.6 is 11.3 Å². The zero-order chi connectivity index (χ0) is 18.8. The Morgan fingerprint density at radius 1 is 1.31 bits per heavy atom. The molecule has 3 rings (SSSR count). The van der Waals surface area contributed by atoms with Crippen LogP contribution in [0.3, 0.4) is 0 Å². The van der Waals surface area contributed by atoms with Gasteiger partial charge < -0.3 is 19.2 Å². The number of furan rings is 1. The first kappa shape index (κ1) is 17.9. The number of methoxy groups -OCH3 is 1. The molecule has 0 spiro atoms. The van der Waals surface area contributed by atoms with E-state index >= 15 is 0 Å². The van der Waals surface area contributed by atoms with Gasteiger partial charge in [0.1, 0.15) is 17.1 Å². The summed E-state index contributed by atoms with van der Waals surface area (Å²) < 4.78 is 16.8. The molecule has 2 aromatic heterocycles. The molecular weight excluding hydrogens is 356 g/mol. The number of carbonyl (C=O) groups is 2. The first-order chi connectivity index (χ1) is 12.4. The molecule has 0 aliphatic rings. The Balaban J connectivity index is 2.02. The third-order valence-electron chi connectivity index (χ3n) is 3.73. The maximum Gasteiger partial charge on any atom is 0.344 e. The van der Waals surface area contributed by atoms with Gasteiger partial charge in [0.05, 0.1) is 29.5 Å². The van der Waals surface area contributed by atoms with E-state index in [2.05, 4.69) is 10.3 Å². The molecule has 3 aromatic rings. The number of hydrogen-bond acceptors (Lipinski definition) is 8. The van der Waals surface area contributed by atoms with Gasteiger partial charge >= 0.3 is 5.97 Å². The van der Waals surface area contributed by atoms with Crippen molar-refractivity contribution in [3.63, 3.8) is 0 Å². The standard InChI is InChI=1S/C18H18N2O5S/c1-5-24-17(22)15-14(9(2)21)10(3)25-16(15)20-18-19-12-7-6-11(23-4)8-13(12)26-18/h6-8H,5H2,1-4H3,(H,19,20). The molecule has 0 atom stereocenters. The first-order valence-corrected chi connectivity index (χ1v) is 8.79. The first-order valence-electron chi connectivity index (χ1n) is 7.97. The molecule has 0 bridgehead atoms. The molecule has 0 saturated heterocycles. The summed E-state index contributed by atoms with van der Waals surface area (Å²) in [5, 5.41) is 3.53. The molecule has 8 heteroatoms. The van der Waals surface area contributed by atoms with E-state index in [-0.39, 0.29) is 29.4 Å². The maximum absolute atomic E-state index is 12.3. The second kappa shape index (κ2) is 7.17. The molecule has 26 heavy (non-hydrogen) atoms. The highest BCUT2D eigenvalue weighted by molar-refractivity contribution is 7.22. The number of anilines is 2. The van der Waals surface area contributed by atoms with Crippen LogP contribution < -0.4 is 10.1 Å². The van der Waals surface area contributed by atoms with Gasteiger partial charge in [-0.15, -0.1) is 0 Å². The van der Waals surface area contributed by atoms with Crippen molar-refractivity contribution in [2.75, 3.05) is 19.0 Å². The minimum absolute atomic E-state index is 0.0914. The van der Waals surface area contributed by atoms with E-state index in [1.807, 2.05) is 18.2 Å². The van der Waals surface area contributed by atoms with Gasteiger partial charge in [0.2, 0.25) is 5.88 Å². The van der Waals surface area contributed by atoms with Crippen LogP contribution in [0.15, 0.2) is 22.6 Å². The lowest BCUT2D eigenvalue weighted by atomic mass is 10.1. The van der Waals surface area contributed by atoms with Crippen molar-refractivity contribution in [2.45, 2.75) is 20.8 Å². The predicted octanol–water partition coefficient (Wildman–Crippen LogP) is 4.33. The maximum atomic E-state index is 12.3. The van der Waals surface area contributed by atoms with E-state index in [1.54, 1.807) is 21.0 Å². The summed E-state index contributed by atoms with van der Waals surface area (Å²) in [6, 6.07) is 5.54. The van der Waals surface area contributed by atoms with Gasteiger partial charge in [0.15, 0.2) is 10.9 Å². The van der Waals surface area contributed by atoms with E-state index in [0.29, 0.717) is 10.9 Å². The van der Waals surface area contributed by atoms with Crippen LogP contribution in [0, 0.1) is 6.92 Å². The third-order valence-corrected chi connectivity index (χ3v) is 4.67. The number of benzene rings is 1. The molecule has 0 aliphatic carbocycles. The van der Waals surface area contributed by atoms with Crippen LogP contribution in [0.25, 0.3) is 10.2 Å². The molecule has 0 saturated carbocycles. The second-order valence-corrected chi connectivity index (χ2v) is 6.52. The summed E-state index contributed by atoms with van der Waals surface area (Å²) in [5.41, 5.74) is 1.09. The lowest BCUT2D eigenvalue weighted by Crippen LogP contribution is -2.11. The molecule has 7 nitrogen and oxygen atoms in total. The largest absolute Gasteiger partial charge is 0.497 e. The van der Waals surface area contributed by atoms with Gasteiger partial charge in [0.25, 0.3) is 0 Å². The van der Waals surface area contributed by atoms with Crippen LogP contribution in [0.2, 0.25) is 0 Å². The zero-order valence-corrected chi connectivity index (χ0v) is 15.7. The molecule has 0 fully saturated rings. The molecular formula is C18H18N2O5S. The number of fused-ring (bicyclic) bond motifs is 1. The van der Waals surface area contributed by atoms with E-state index in [1.165, 1.54) is 18.3 Å². The summed E-state index contributed by atoms with van der Waals surface area (Å²) >= 11 is 1.38.